The van der Waals surface area contributed by atoms with E-state index in [9.17, 15) is 4.79 Å². The van der Waals surface area contributed by atoms with E-state index in [1.807, 2.05) is 11.8 Å². The number of anilines is 2. The quantitative estimate of drug-likeness (QED) is 0.771. The monoisotopic (exact) mass is 288 g/mol. The smallest absolute Gasteiger partial charge is 0.257 e. The van der Waals surface area contributed by atoms with Gasteiger partial charge in [-0.25, -0.2) is 4.68 Å². The van der Waals surface area contributed by atoms with Crippen LogP contribution in [-0.2, 0) is 4.79 Å². The third-order valence-electron chi connectivity index (χ3n) is 3.31. The van der Waals surface area contributed by atoms with Gasteiger partial charge in [0.25, 0.3) is 5.95 Å². The molecule has 3 N–H and O–H groups in total. The summed E-state index contributed by atoms with van der Waals surface area (Å²) in [5.41, 5.74) is 5.76. The first-order valence-corrected chi connectivity index (χ1v) is 6.75. The number of piperazine rings is 1. The van der Waals surface area contributed by atoms with Crippen molar-refractivity contribution in [2.45, 2.75) is 19.4 Å². The fourth-order valence-corrected chi connectivity index (χ4v) is 2.35. The molecule has 0 aliphatic carbocycles. The molecule has 0 aromatic carbocycles. The lowest BCUT2D eigenvalue weighted by Gasteiger charge is -2.34. The summed E-state index contributed by atoms with van der Waals surface area (Å²) in [5.74, 6) is 0.813. The minimum Gasteiger partial charge on any atom is -0.368 e. The third kappa shape index (κ3) is 2.49. The van der Waals surface area contributed by atoms with Crippen molar-refractivity contribution in [3.63, 3.8) is 0 Å². The molecule has 1 aliphatic heterocycles. The molecular formula is C12H16N8O. The lowest BCUT2D eigenvalue weighted by Crippen LogP contribution is -2.55. The van der Waals surface area contributed by atoms with Crippen molar-refractivity contribution in [1.29, 1.82) is 0 Å². The Morgan fingerprint density at radius 2 is 2.19 bits per heavy atom. The Kier molecular flexibility index (Phi) is 3.38. The summed E-state index contributed by atoms with van der Waals surface area (Å²) in [6.07, 6.45) is 4.01. The molecule has 1 amide bonds. The van der Waals surface area contributed by atoms with Crippen LogP contribution in [0.4, 0.5) is 11.9 Å². The molecule has 110 valence electrons. The molecule has 0 radical (unpaired) electrons. The van der Waals surface area contributed by atoms with E-state index >= 15 is 0 Å². The first kappa shape index (κ1) is 13.3. The van der Waals surface area contributed by atoms with Gasteiger partial charge in [0.15, 0.2) is 0 Å². The lowest BCUT2D eigenvalue weighted by atomic mass is 10.1. The predicted octanol–water partition coefficient (Wildman–Crippen LogP) is -0.646. The summed E-state index contributed by atoms with van der Waals surface area (Å²) >= 11 is 0. The van der Waals surface area contributed by atoms with Gasteiger partial charge in [-0.2, -0.15) is 20.1 Å². The highest BCUT2D eigenvalue weighted by molar-refractivity contribution is 5.85. The highest BCUT2D eigenvalue weighted by Gasteiger charge is 2.30. The SMILES string of the molecule is CCC1C(=O)NCCN1c1nc(N)nc(-n2cccn2)n1. The maximum Gasteiger partial charge on any atom is 0.257 e. The van der Waals surface area contributed by atoms with Crippen molar-refractivity contribution in [2.75, 3.05) is 23.7 Å². The standard InChI is InChI=1S/C12H16N8O/c1-2-8-9(21)14-5-7-19(8)11-16-10(13)17-12(18-11)20-6-3-4-15-20/h3-4,6,8H,2,5,7H2,1H3,(H,14,21)(H2,13,16,17,18). The largest absolute Gasteiger partial charge is 0.368 e. The maximum atomic E-state index is 11.9. The molecule has 1 saturated heterocycles. The molecule has 0 saturated carbocycles. The molecule has 0 spiro atoms. The van der Waals surface area contributed by atoms with Gasteiger partial charge in [0, 0.05) is 25.5 Å². The van der Waals surface area contributed by atoms with E-state index in [2.05, 4.69) is 25.4 Å². The van der Waals surface area contributed by atoms with Gasteiger partial charge in [-0.15, -0.1) is 0 Å². The molecule has 1 atom stereocenters. The summed E-state index contributed by atoms with van der Waals surface area (Å²) in [5, 5.41) is 6.92. The van der Waals surface area contributed by atoms with Gasteiger partial charge in [0.2, 0.25) is 17.8 Å². The predicted molar refractivity (Wildman–Crippen MR) is 75.8 cm³/mol. The molecule has 9 heteroatoms. The van der Waals surface area contributed by atoms with Crippen LogP contribution in [0.2, 0.25) is 0 Å². The Balaban J connectivity index is 1.99. The summed E-state index contributed by atoms with van der Waals surface area (Å²) < 4.78 is 1.51. The van der Waals surface area contributed by atoms with Crippen molar-refractivity contribution in [3.05, 3.63) is 18.5 Å². The Morgan fingerprint density at radius 1 is 1.38 bits per heavy atom. The number of nitrogen functional groups attached to an aromatic ring is 1. The average Bonchev–Trinajstić information content (AvgIpc) is 3.00. The number of amides is 1. The summed E-state index contributed by atoms with van der Waals surface area (Å²) in [4.78, 5) is 26.4. The number of nitrogens with one attached hydrogen (secondary N) is 1. The number of carbonyl (C=O) groups excluding carboxylic acids is 1. The zero-order chi connectivity index (χ0) is 14.8. The zero-order valence-corrected chi connectivity index (χ0v) is 11.6. The van der Waals surface area contributed by atoms with Crippen LogP contribution in [0.1, 0.15) is 13.3 Å². The van der Waals surface area contributed by atoms with E-state index < -0.39 is 0 Å². The lowest BCUT2D eigenvalue weighted by molar-refractivity contribution is -0.123. The van der Waals surface area contributed by atoms with Crippen molar-refractivity contribution in [2.24, 2.45) is 0 Å². The molecule has 1 aliphatic rings. The molecule has 2 aromatic heterocycles. The molecule has 1 unspecified atom stereocenters. The minimum atomic E-state index is -0.300. The second-order valence-electron chi connectivity index (χ2n) is 4.65. The van der Waals surface area contributed by atoms with Crippen molar-refractivity contribution in [3.8, 4) is 5.95 Å². The molecular weight excluding hydrogens is 272 g/mol. The van der Waals surface area contributed by atoms with Gasteiger partial charge in [-0.1, -0.05) is 6.92 Å². The van der Waals surface area contributed by atoms with Crippen LogP contribution >= 0.6 is 0 Å². The second-order valence-corrected chi connectivity index (χ2v) is 4.65. The fraction of sp³-hybridized carbons (Fsp3) is 0.417. The van der Waals surface area contributed by atoms with Gasteiger partial charge >= 0.3 is 0 Å². The molecule has 2 aromatic rings. The van der Waals surface area contributed by atoms with E-state index in [0.29, 0.717) is 31.4 Å². The highest BCUT2D eigenvalue weighted by atomic mass is 16.2. The number of rotatable bonds is 3. The van der Waals surface area contributed by atoms with Crippen molar-refractivity contribution < 1.29 is 4.79 Å². The van der Waals surface area contributed by atoms with Crippen LogP contribution in [0.15, 0.2) is 18.5 Å². The highest BCUT2D eigenvalue weighted by Crippen LogP contribution is 2.18. The van der Waals surface area contributed by atoms with E-state index in [-0.39, 0.29) is 17.9 Å². The van der Waals surface area contributed by atoms with Crippen LogP contribution < -0.4 is 16.0 Å². The van der Waals surface area contributed by atoms with E-state index in [1.54, 1.807) is 18.5 Å². The topological polar surface area (TPSA) is 115 Å². The number of hydrogen-bond donors (Lipinski definition) is 2. The van der Waals surface area contributed by atoms with Crippen LogP contribution in [0.5, 0.6) is 0 Å². The van der Waals surface area contributed by atoms with Gasteiger partial charge in [-0.05, 0) is 12.5 Å². The van der Waals surface area contributed by atoms with Crippen LogP contribution in [-0.4, -0.2) is 49.8 Å². The molecule has 21 heavy (non-hydrogen) atoms. The van der Waals surface area contributed by atoms with Gasteiger partial charge in [0.05, 0.1) is 0 Å². The van der Waals surface area contributed by atoms with Gasteiger partial charge in [-0.3, -0.25) is 4.79 Å². The van der Waals surface area contributed by atoms with E-state index in [1.165, 1.54) is 4.68 Å². The molecule has 9 nitrogen and oxygen atoms in total. The normalized spacial score (nSPS) is 18.6. The fourth-order valence-electron chi connectivity index (χ4n) is 2.35. The Hall–Kier alpha value is -2.71. The second kappa shape index (κ2) is 5.35. The number of hydrogen-bond acceptors (Lipinski definition) is 7. The molecule has 0 bridgehead atoms. The van der Waals surface area contributed by atoms with E-state index in [0.717, 1.165) is 0 Å². The van der Waals surface area contributed by atoms with Gasteiger partial charge in [0.1, 0.15) is 6.04 Å². The first-order chi connectivity index (χ1) is 10.2. The molecule has 3 heterocycles. The van der Waals surface area contributed by atoms with Crippen molar-refractivity contribution >= 4 is 17.8 Å². The van der Waals surface area contributed by atoms with Crippen LogP contribution in [0.25, 0.3) is 5.95 Å². The number of nitrogens with two attached hydrogens (primary N) is 1. The molecule has 3 rings (SSSR count). The van der Waals surface area contributed by atoms with Crippen LogP contribution in [0.3, 0.4) is 0 Å². The number of carbonyl (C=O) groups is 1. The van der Waals surface area contributed by atoms with Crippen LogP contribution in [0, 0.1) is 0 Å². The summed E-state index contributed by atoms with van der Waals surface area (Å²) in [7, 11) is 0. The average molecular weight is 288 g/mol. The molecule has 1 fully saturated rings. The Bertz CT molecular complexity index is 641. The third-order valence-corrected chi connectivity index (χ3v) is 3.31. The van der Waals surface area contributed by atoms with Crippen molar-refractivity contribution in [1.82, 2.24) is 30.0 Å². The Labute approximate surface area is 121 Å². The first-order valence-electron chi connectivity index (χ1n) is 6.75. The number of aromatic nitrogens is 5. The summed E-state index contributed by atoms with van der Waals surface area (Å²) in [6, 6.07) is 1.47. The van der Waals surface area contributed by atoms with Gasteiger partial charge < -0.3 is 16.0 Å². The minimum absolute atomic E-state index is 0.0247. The summed E-state index contributed by atoms with van der Waals surface area (Å²) in [6.45, 7) is 3.13. The number of nitrogens with zero attached hydrogens (tertiary/aromatic N) is 6. The Morgan fingerprint density at radius 3 is 2.90 bits per heavy atom. The maximum absolute atomic E-state index is 11.9. The zero-order valence-electron chi connectivity index (χ0n) is 11.6. The van der Waals surface area contributed by atoms with E-state index in [4.69, 9.17) is 5.73 Å².